The monoisotopic (exact) mass is 594 g/mol. The van der Waals surface area contributed by atoms with Gasteiger partial charge in [-0.15, -0.1) is 0 Å². The predicted molar refractivity (Wildman–Crippen MR) is 158 cm³/mol. The number of methoxy groups -OCH3 is 3. The van der Waals surface area contributed by atoms with Crippen LogP contribution in [0.2, 0.25) is 0 Å². The smallest absolute Gasteiger partial charge is 0.0781 e. The number of hydrogen-bond acceptors (Lipinski definition) is 12. The van der Waals surface area contributed by atoms with E-state index in [4.69, 9.17) is 48.8 Å². The summed E-state index contributed by atoms with van der Waals surface area (Å²) in [6.07, 6.45) is 1.74. The van der Waals surface area contributed by atoms with Gasteiger partial charge in [0.05, 0.1) is 90.5 Å². The van der Waals surface area contributed by atoms with Crippen LogP contribution < -0.4 is 0 Å². The lowest BCUT2D eigenvalue weighted by Crippen LogP contribution is -2.25. The standard InChI is InChI=1S/C10H22O4.C6H14O2.C5H12O3.C5H12O2.C2H6O/c1-8(5-11)13-7-10(3)14-6-9(2)12-4;1-3-4-8-5-6(2)7;1-7-4-5-8-3-2-6;1-2-4-7-5-3-6;1-3-2/h8-11H,5-7H2,1-4H3;6-7H,3-5H2,1-2H3;6H,2-5H2,1H3;6H,2-5H2,1H3;1-2H3. The third-order valence-corrected chi connectivity index (χ3v) is 3.85. The molecule has 0 saturated carbocycles. The summed E-state index contributed by atoms with van der Waals surface area (Å²) in [4.78, 5) is 0. The zero-order valence-corrected chi connectivity index (χ0v) is 27.3. The molecular weight excluding hydrogens is 528 g/mol. The first-order chi connectivity index (χ1) is 19.1. The Bertz CT molecular complexity index is 355. The van der Waals surface area contributed by atoms with Gasteiger partial charge in [-0.3, -0.25) is 0 Å². The Morgan fingerprint density at radius 3 is 1.40 bits per heavy atom. The first kappa shape index (κ1) is 49.2. The largest absolute Gasteiger partial charge is 0.394 e. The average Bonchev–Trinajstić information content (AvgIpc) is 2.94. The third kappa shape index (κ3) is 66.1. The molecule has 0 aliphatic rings. The van der Waals surface area contributed by atoms with Crippen LogP contribution in [0.4, 0.5) is 0 Å². The van der Waals surface area contributed by atoms with Gasteiger partial charge in [0.2, 0.25) is 0 Å². The topological polar surface area (TPSA) is 155 Å². The Balaban J connectivity index is -0.000000137. The molecule has 0 amide bonds. The van der Waals surface area contributed by atoms with Crippen LogP contribution in [0.3, 0.4) is 0 Å². The fraction of sp³-hybridized carbons (Fsp3) is 1.00. The molecule has 0 fully saturated rings. The Morgan fingerprint density at radius 2 is 1.00 bits per heavy atom. The maximum atomic E-state index is 8.72. The van der Waals surface area contributed by atoms with Gasteiger partial charge in [-0.2, -0.15) is 0 Å². The van der Waals surface area contributed by atoms with E-state index in [2.05, 4.69) is 9.47 Å². The highest BCUT2D eigenvalue weighted by atomic mass is 16.6. The Hall–Kier alpha value is -0.480. The molecule has 0 aliphatic heterocycles. The molecule has 250 valence electrons. The highest BCUT2D eigenvalue weighted by Crippen LogP contribution is 1.98. The molecular formula is C28H66O12. The lowest BCUT2D eigenvalue weighted by atomic mass is 10.4. The lowest BCUT2D eigenvalue weighted by Gasteiger charge is -2.18. The highest BCUT2D eigenvalue weighted by Gasteiger charge is 2.08. The van der Waals surface area contributed by atoms with Crippen LogP contribution >= 0.6 is 0 Å². The van der Waals surface area contributed by atoms with Gasteiger partial charge in [-0.1, -0.05) is 13.8 Å². The van der Waals surface area contributed by atoms with Gasteiger partial charge in [-0.25, -0.2) is 0 Å². The number of hydrogen-bond donors (Lipinski definition) is 4. The molecule has 0 aromatic carbocycles. The average molecular weight is 595 g/mol. The molecule has 0 spiro atoms. The van der Waals surface area contributed by atoms with Crippen LogP contribution in [-0.2, 0) is 37.9 Å². The van der Waals surface area contributed by atoms with Crippen LogP contribution in [0, 0.1) is 0 Å². The van der Waals surface area contributed by atoms with E-state index >= 15 is 0 Å². The van der Waals surface area contributed by atoms with Gasteiger partial charge in [0.25, 0.3) is 0 Å². The first-order valence-electron chi connectivity index (χ1n) is 14.0. The number of rotatable bonds is 21. The van der Waals surface area contributed by atoms with E-state index in [0.717, 1.165) is 26.1 Å². The zero-order valence-electron chi connectivity index (χ0n) is 27.3. The second-order valence-electron chi connectivity index (χ2n) is 8.51. The molecule has 0 aromatic heterocycles. The Morgan fingerprint density at radius 1 is 0.550 bits per heavy atom. The summed E-state index contributed by atoms with van der Waals surface area (Å²) in [5.74, 6) is 0. The molecule has 0 rings (SSSR count). The molecule has 0 radical (unpaired) electrons. The van der Waals surface area contributed by atoms with E-state index in [1.54, 1.807) is 35.4 Å². The van der Waals surface area contributed by atoms with E-state index in [0.29, 0.717) is 46.2 Å². The molecule has 0 heterocycles. The molecule has 4 atom stereocenters. The van der Waals surface area contributed by atoms with Crippen LogP contribution in [-0.4, -0.2) is 153 Å². The molecule has 4 unspecified atom stereocenters. The summed E-state index contributed by atoms with van der Waals surface area (Å²) < 4.78 is 39.5. The van der Waals surface area contributed by atoms with E-state index in [-0.39, 0.29) is 44.2 Å². The van der Waals surface area contributed by atoms with Crippen molar-refractivity contribution in [3.63, 3.8) is 0 Å². The van der Waals surface area contributed by atoms with Gasteiger partial charge in [0.1, 0.15) is 0 Å². The summed E-state index contributed by atoms with van der Waals surface area (Å²) >= 11 is 0. The van der Waals surface area contributed by atoms with Gasteiger partial charge >= 0.3 is 0 Å². The molecule has 0 aromatic rings. The molecule has 40 heavy (non-hydrogen) atoms. The van der Waals surface area contributed by atoms with E-state index < -0.39 is 0 Å². The molecule has 0 aliphatic carbocycles. The molecule has 4 N–H and O–H groups in total. The van der Waals surface area contributed by atoms with Crippen molar-refractivity contribution < 1.29 is 58.3 Å². The minimum atomic E-state index is -0.318. The second-order valence-corrected chi connectivity index (χ2v) is 8.51. The summed E-state index contributed by atoms with van der Waals surface area (Å²) in [5.41, 5.74) is 0. The molecule has 12 nitrogen and oxygen atoms in total. The number of aliphatic hydroxyl groups is 4. The maximum absolute atomic E-state index is 8.72. The van der Waals surface area contributed by atoms with Crippen molar-refractivity contribution in [2.45, 2.75) is 78.8 Å². The van der Waals surface area contributed by atoms with Gasteiger partial charge in [-0.05, 0) is 40.5 Å². The van der Waals surface area contributed by atoms with E-state index in [1.165, 1.54) is 0 Å². The molecule has 12 heteroatoms. The highest BCUT2D eigenvalue weighted by molar-refractivity contribution is 4.53. The maximum Gasteiger partial charge on any atom is 0.0781 e. The summed E-state index contributed by atoms with van der Waals surface area (Å²) in [6, 6.07) is 0. The van der Waals surface area contributed by atoms with Crippen molar-refractivity contribution in [2.24, 2.45) is 0 Å². The quantitative estimate of drug-likeness (QED) is 0.144. The second kappa shape index (κ2) is 48.3. The fourth-order valence-corrected chi connectivity index (χ4v) is 1.79. The summed E-state index contributed by atoms with van der Waals surface area (Å²) in [7, 11) is 6.52. The Kier molecular flexibility index (Phi) is 59.4. The first-order valence-corrected chi connectivity index (χ1v) is 14.0. The van der Waals surface area contributed by atoms with Crippen molar-refractivity contribution in [2.75, 3.05) is 108 Å². The third-order valence-electron chi connectivity index (χ3n) is 3.85. The van der Waals surface area contributed by atoms with Crippen LogP contribution in [0.25, 0.3) is 0 Å². The van der Waals surface area contributed by atoms with Crippen molar-refractivity contribution in [3.8, 4) is 0 Å². The fourth-order valence-electron chi connectivity index (χ4n) is 1.79. The number of aliphatic hydroxyl groups excluding tert-OH is 4. The predicted octanol–water partition coefficient (Wildman–Crippen LogP) is 1.93. The van der Waals surface area contributed by atoms with Crippen LogP contribution in [0.5, 0.6) is 0 Å². The van der Waals surface area contributed by atoms with Crippen molar-refractivity contribution in [1.29, 1.82) is 0 Å². The summed E-state index contributed by atoms with van der Waals surface area (Å²) in [5, 5.41) is 33.7. The van der Waals surface area contributed by atoms with Crippen LogP contribution in [0.15, 0.2) is 0 Å². The van der Waals surface area contributed by atoms with Crippen molar-refractivity contribution >= 4 is 0 Å². The summed E-state index contributed by atoms with van der Waals surface area (Å²) in [6.45, 7) is 16.9. The number of ether oxygens (including phenoxy) is 8. The Labute approximate surface area is 245 Å². The molecule has 0 saturated heterocycles. The van der Waals surface area contributed by atoms with Gasteiger partial charge in [0, 0.05) is 41.7 Å². The van der Waals surface area contributed by atoms with E-state index in [9.17, 15) is 0 Å². The van der Waals surface area contributed by atoms with Gasteiger partial charge < -0.3 is 58.3 Å². The normalized spacial score (nSPS) is 13.1. The van der Waals surface area contributed by atoms with Crippen molar-refractivity contribution in [3.05, 3.63) is 0 Å². The van der Waals surface area contributed by atoms with Crippen LogP contribution in [0.1, 0.15) is 54.4 Å². The minimum Gasteiger partial charge on any atom is -0.394 e. The minimum absolute atomic E-state index is 0.0293. The van der Waals surface area contributed by atoms with Gasteiger partial charge in [0.15, 0.2) is 0 Å². The van der Waals surface area contributed by atoms with E-state index in [1.807, 2.05) is 34.6 Å². The lowest BCUT2D eigenvalue weighted by molar-refractivity contribution is -0.0677. The molecule has 0 bridgehead atoms. The zero-order chi connectivity index (χ0) is 31.9. The van der Waals surface area contributed by atoms with Crippen molar-refractivity contribution in [1.82, 2.24) is 0 Å². The SMILES string of the molecule is CCCOCC(C)O.CCCOCCO.COC.COC(C)COC(C)COC(C)CO.COCCOCCO.